The van der Waals surface area contributed by atoms with Gasteiger partial charge in [0.15, 0.2) is 29.0 Å². The molecular formula is C23H25F4N5O3. The minimum absolute atomic E-state index is 0.00970. The first-order valence-corrected chi connectivity index (χ1v) is 11.4. The van der Waals surface area contributed by atoms with Crippen molar-refractivity contribution in [2.45, 2.75) is 64.1 Å². The summed E-state index contributed by atoms with van der Waals surface area (Å²) in [5.41, 5.74) is -3.28. The number of amides is 3. The van der Waals surface area contributed by atoms with Gasteiger partial charge in [0, 0.05) is 18.7 Å². The Morgan fingerprint density at radius 3 is 2.37 bits per heavy atom. The van der Waals surface area contributed by atoms with Gasteiger partial charge in [0.1, 0.15) is 16.9 Å². The van der Waals surface area contributed by atoms with E-state index in [1.165, 1.54) is 15.8 Å². The Hall–Kier alpha value is -3.44. The predicted octanol–water partition coefficient (Wildman–Crippen LogP) is 3.38. The monoisotopic (exact) mass is 495 g/mol. The van der Waals surface area contributed by atoms with Gasteiger partial charge in [-0.3, -0.25) is 14.4 Å². The Kier molecular flexibility index (Phi) is 6.56. The lowest BCUT2D eigenvalue weighted by Crippen LogP contribution is -2.65. The minimum Gasteiger partial charge on any atom is -0.351 e. The number of fused-ring (bicyclic) bond motifs is 1. The molecule has 1 aromatic heterocycles. The van der Waals surface area contributed by atoms with Gasteiger partial charge in [-0.25, -0.2) is 22.5 Å². The zero-order valence-electron chi connectivity index (χ0n) is 19.3. The van der Waals surface area contributed by atoms with Crippen molar-refractivity contribution in [2.75, 3.05) is 11.9 Å². The standard InChI is InChI=1S/C23H25F4N5O3/c1-3-8-32-21(34)19-18(20(33)30-17-15(26)13(24)9-14(25)16(17)27)28-11-31(19)10-23(32,2)22(35)29-12-6-4-5-7-12/h9,11-12H,3-8,10H2,1-2H3,(H,29,35)(H,30,33). The van der Waals surface area contributed by atoms with Crippen LogP contribution in [0.1, 0.15) is 66.9 Å². The second-order valence-electron chi connectivity index (χ2n) is 9.05. The summed E-state index contributed by atoms with van der Waals surface area (Å²) in [4.78, 5) is 44.8. The summed E-state index contributed by atoms with van der Waals surface area (Å²) in [7, 11) is 0. The largest absolute Gasteiger partial charge is 0.351 e. The first-order chi connectivity index (χ1) is 16.6. The number of carbonyl (C=O) groups excluding carboxylic acids is 3. The van der Waals surface area contributed by atoms with Gasteiger partial charge >= 0.3 is 0 Å². The first kappa shape index (κ1) is 24.7. The molecule has 8 nitrogen and oxygen atoms in total. The fourth-order valence-corrected chi connectivity index (χ4v) is 4.69. The van der Waals surface area contributed by atoms with Crippen LogP contribution >= 0.6 is 0 Å². The molecule has 188 valence electrons. The van der Waals surface area contributed by atoms with Crippen LogP contribution in [0.15, 0.2) is 12.4 Å². The van der Waals surface area contributed by atoms with Crippen LogP contribution in [0.5, 0.6) is 0 Å². The van der Waals surface area contributed by atoms with Gasteiger partial charge in [-0.15, -0.1) is 0 Å². The van der Waals surface area contributed by atoms with E-state index in [2.05, 4.69) is 10.3 Å². The number of rotatable bonds is 6. The lowest BCUT2D eigenvalue weighted by molar-refractivity contribution is -0.133. The molecule has 12 heteroatoms. The van der Waals surface area contributed by atoms with Gasteiger partial charge in [-0.05, 0) is 26.2 Å². The fraction of sp³-hybridized carbons (Fsp3) is 0.478. The molecule has 1 aromatic carbocycles. The van der Waals surface area contributed by atoms with Crippen LogP contribution in [0, 0.1) is 23.3 Å². The number of carbonyl (C=O) groups is 3. The van der Waals surface area contributed by atoms with Crippen molar-refractivity contribution in [1.82, 2.24) is 19.8 Å². The highest BCUT2D eigenvalue weighted by atomic mass is 19.2. The lowest BCUT2D eigenvalue weighted by Gasteiger charge is -2.44. The van der Waals surface area contributed by atoms with Crippen molar-refractivity contribution in [3.63, 3.8) is 0 Å². The highest BCUT2D eigenvalue weighted by molar-refractivity contribution is 6.11. The summed E-state index contributed by atoms with van der Waals surface area (Å²) in [6.45, 7) is 3.65. The van der Waals surface area contributed by atoms with Crippen LogP contribution in [-0.4, -0.2) is 50.3 Å². The first-order valence-electron chi connectivity index (χ1n) is 11.4. The smallest absolute Gasteiger partial charge is 0.276 e. The van der Waals surface area contributed by atoms with E-state index in [0.717, 1.165) is 25.7 Å². The molecule has 0 radical (unpaired) electrons. The molecule has 2 heterocycles. The van der Waals surface area contributed by atoms with Crippen molar-refractivity contribution < 1.29 is 31.9 Å². The fourth-order valence-electron chi connectivity index (χ4n) is 4.69. The molecule has 1 aliphatic heterocycles. The SMILES string of the molecule is CCCN1C(=O)c2c(C(=O)Nc3c(F)c(F)cc(F)c3F)ncn2CC1(C)C(=O)NC1CCCC1. The number of anilines is 1. The third kappa shape index (κ3) is 4.25. The number of nitrogens with zero attached hydrogens (tertiary/aromatic N) is 3. The van der Waals surface area contributed by atoms with E-state index in [-0.39, 0.29) is 36.8 Å². The lowest BCUT2D eigenvalue weighted by atomic mass is 9.93. The molecule has 1 aliphatic carbocycles. The molecular weight excluding hydrogens is 470 g/mol. The van der Waals surface area contributed by atoms with Gasteiger partial charge in [0.2, 0.25) is 5.91 Å². The number of aromatic nitrogens is 2. The normalized spacial score (nSPS) is 20.2. The molecule has 1 atom stereocenters. The molecule has 35 heavy (non-hydrogen) atoms. The molecule has 1 fully saturated rings. The topological polar surface area (TPSA) is 96.3 Å². The van der Waals surface area contributed by atoms with Crippen molar-refractivity contribution in [2.24, 2.45) is 0 Å². The zero-order valence-corrected chi connectivity index (χ0v) is 19.3. The number of hydrogen-bond acceptors (Lipinski definition) is 4. The molecule has 2 N–H and O–H groups in total. The number of benzene rings is 1. The maximum absolute atomic E-state index is 14.0. The highest BCUT2D eigenvalue weighted by Gasteiger charge is 2.49. The van der Waals surface area contributed by atoms with E-state index in [0.29, 0.717) is 6.42 Å². The second kappa shape index (κ2) is 9.31. The van der Waals surface area contributed by atoms with E-state index >= 15 is 0 Å². The molecule has 0 bridgehead atoms. The Bertz CT molecular complexity index is 1170. The summed E-state index contributed by atoms with van der Waals surface area (Å²) in [5.74, 6) is -9.20. The van der Waals surface area contributed by atoms with Gasteiger partial charge in [-0.1, -0.05) is 19.8 Å². The molecule has 2 aliphatic rings. The molecule has 0 spiro atoms. The predicted molar refractivity (Wildman–Crippen MR) is 117 cm³/mol. The third-order valence-electron chi connectivity index (χ3n) is 6.55. The molecule has 4 rings (SSSR count). The van der Waals surface area contributed by atoms with Gasteiger partial charge in [0.25, 0.3) is 11.8 Å². The van der Waals surface area contributed by atoms with Crippen LogP contribution in [0.3, 0.4) is 0 Å². The van der Waals surface area contributed by atoms with Crippen molar-refractivity contribution in [3.05, 3.63) is 47.1 Å². The molecule has 0 saturated heterocycles. The molecule has 2 aromatic rings. The quantitative estimate of drug-likeness (QED) is 0.475. The maximum atomic E-state index is 14.0. The average Bonchev–Trinajstić information content (AvgIpc) is 3.48. The zero-order chi connectivity index (χ0) is 25.5. The van der Waals surface area contributed by atoms with Crippen LogP contribution in [0.4, 0.5) is 23.2 Å². The van der Waals surface area contributed by atoms with Crippen LogP contribution in [0.25, 0.3) is 0 Å². The number of imidazole rings is 1. The summed E-state index contributed by atoms with van der Waals surface area (Å²) in [6.07, 6.45) is 5.44. The van der Waals surface area contributed by atoms with E-state index in [1.807, 2.05) is 6.92 Å². The Balaban J connectivity index is 1.66. The van der Waals surface area contributed by atoms with Crippen molar-refractivity contribution in [1.29, 1.82) is 0 Å². The minimum atomic E-state index is -1.79. The van der Waals surface area contributed by atoms with Crippen LogP contribution < -0.4 is 10.6 Å². The van der Waals surface area contributed by atoms with Gasteiger partial charge < -0.3 is 20.1 Å². The van der Waals surface area contributed by atoms with Crippen LogP contribution in [0.2, 0.25) is 0 Å². The molecule has 1 unspecified atom stereocenters. The second-order valence-corrected chi connectivity index (χ2v) is 9.05. The van der Waals surface area contributed by atoms with E-state index in [9.17, 15) is 31.9 Å². The van der Waals surface area contributed by atoms with E-state index in [1.54, 1.807) is 12.2 Å². The third-order valence-corrected chi connectivity index (χ3v) is 6.55. The van der Waals surface area contributed by atoms with Crippen LogP contribution in [-0.2, 0) is 11.3 Å². The maximum Gasteiger partial charge on any atom is 0.276 e. The Morgan fingerprint density at radius 1 is 1.14 bits per heavy atom. The molecule has 1 saturated carbocycles. The number of hydrogen-bond donors (Lipinski definition) is 2. The number of nitrogens with one attached hydrogen (secondary N) is 2. The average molecular weight is 495 g/mol. The molecule has 3 amide bonds. The van der Waals surface area contributed by atoms with E-state index < -0.39 is 52.0 Å². The highest BCUT2D eigenvalue weighted by Crippen LogP contribution is 2.31. The van der Waals surface area contributed by atoms with Crippen molar-refractivity contribution in [3.8, 4) is 0 Å². The van der Waals surface area contributed by atoms with Gasteiger partial charge in [-0.2, -0.15) is 0 Å². The Labute approximate surface area is 198 Å². The summed E-state index contributed by atoms with van der Waals surface area (Å²) in [6, 6.07) is 0.0440. The Morgan fingerprint density at radius 2 is 1.77 bits per heavy atom. The van der Waals surface area contributed by atoms with E-state index in [4.69, 9.17) is 0 Å². The van der Waals surface area contributed by atoms with Crippen molar-refractivity contribution >= 4 is 23.4 Å². The number of halogens is 4. The van der Waals surface area contributed by atoms with Gasteiger partial charge in [0.05, 0.1) is 12.9 Å². The summed E-state index contributed by atoms with van der Waals surface area (Å²) >= 11 is 0. The summed E-state index contributed by atoms with van der Waals surface area (Å²) < 4.78 is 56.5. The summed E-state index contributed by atoms with van der Waals surface area (Å²) in [5, 5.41) is 4.79.